The summed E-state index contributed by atoms with van der Waals surface area (Å²) in [5.74, 6) is 1.08. The van der Waals surface area contributed by atoms with Gasteiger partial charge >= 0.3 is 0 Å². The van der Waals surface area contributed by atoms with E-state index in [1.165, 1.54) is 6.08 Å². The molecule has 0 radical (unpaired) electrons. The van der Waals surface area contributed by atoms with Gasteiger partial charge in [0, 0.05) is 22.9 Å². The summed E-state index contributed by atoms with van der Waals surface area (Å²) < 4.78 is 6.89. The van der Waals surface area contributed by atoms with E-state index in [2.05, 4.69) is 10.3 Å². The minimum absolute atomic E-state index is 0.272. The van der Waals surface area contributed by atoms with Crippen LogP contribution in [0, 0.1) is 0 Å². The maximum absolute atomic E-state index is 12.4. The lowest BCUT2D eigenvalue weighted by Gasteiger charge is -2.05. The van der Waals surface area contributed by atoms with Gasteiger partial charge in [-0.15, -0.1) is 11.3 Å². The van der Waals surface area contributed by atoms with Gasteiger partial charge < -0.3 is 9.73 Å². The lowest BCUT2D eigenvalue weighted by molar-refractivity contribution is -0.111. The van der Waals surface area contributed by atoms with E-state index in [0.29, 0.717) is 16.5 Å². The Bertz CT molecular complexity index is 1400. The molecule has 0 unspecified atom stereocenters. The first-order valence-corrected chi connectivity index (χ1v) is 11.1. The van der Waals surface area contributed by atoms with Gasteiger partial charge in [-0.3, -0.25) is 4.79 Å². The van der Waals surface area contributed by atoms with Crippen LogP contribution < -0.4 is 5.32 Å². The van der Waals surface area contributed by atoms with E-state index in [1.54, 1.807) is 23.5 Å². The van der Waals surface area contributed by atoms with E-state index in [4.69, 9.17) is 16.0 Å². The molecule has 4 nitrogen and oxygen atoms in total. The Balaban J connectivity index is 1.27. The molecule has 5 rings (SSSR count). The highest BCUT2D eigenvalue weighted by Crippen LogP contribution is 2.35. The van der Waals surface area contributed by atoms with Crippen molar-refractivity contribution in [3.8, 4) is 21.9 Å². The first-order chi connectivity index (χ1) is 15.7. The summed E-state index contributed by atoms with van der Waals surface area (Å²) in [6.07, 6.45) is 3.07. The summed E-state index contributed by atoms with van der Waals surface area (Å²) in [6, 6.07) is 26.9. The maximum Gasteiger partial charge on any atom is 0.248 e. The third kappa shape index (κ3) is 4.35. The molecular weight excluding hydrogens is 440 g/mol. The monoisotopic (exact) mass is 456 g/mol. The van der Waals surface area contributed by atoms with Crippen LogP contribution in [0.15, 0.2) is 95.4 Å². The zero-order valence-corrected chi connectivity index (χ0v) is 18.4. The first kappa shape index (κ1) is 20.2. The number of rotatable bonds is 5. The number of thiazole rings is 1. The molecule has 0 aliphatic rings. The van der Waals surface area contributed by atoms with Gasteiger partial charge in [0.05, 0.1) is 15.2 Å². The van der Waals surface area contributed by atoms with E-state index in [0.717, 1.165) is 32.1 Å². The van der Waals surface area contributed by atoms with Crippen LogP contribution in [0.1, 0.15) is 5.76 Å². The second-order valence-corrected chi connectivity index (χ2v) is 8.51. The predicted molar refractivity (Wildman–Crippen MR) is 132 cm³/mol. The first-order valence-electron chi connectivity index (χ1n) is 9.95. The third-order valence-electron chi connectivity index (χ3n) is 4.84. The maximum atomic E-state index is 12.4. The van der Waals surface area contributed by atoms with Crippen LogP contribution >= 0.6 is 22.9 Å². The van der Waals surface area contributed by atoms with E-state index in [9.17, 15) is 4.79 Å². The van der Waals surface area contributed by atoms with Gasteiger partial charge in [-0.2, -0.15) is 0 Å². The second kappa shape index (κ2) is 8.83. The van der Waals surface area contributed by atoms with Crippen molar-refractivity contribution >= 4 is 50.8 Å². The molecule has 1 amide bonds. The number of fused-ring (bicyclic) bond motifs is 1. The number of amides is 1. The number of halogens is 1. The normalized spacial score (nSPS) is 11.3. The Morgan fingerprint density at radius 2 is 1.78 bits per heavy atom. The van der Waals surface area contributed by atoms with Crippen LogP contribution in [0.2, 0.25) is 5.02 Å². The zero-order valence-electron chi connectivity index (χ0n) is 16.8. The smallest absolute Gasteiger partial charge is 0.248 e. The van der Waals surface area contributed by atoms with Gasteiger partial charge in [0.2, 0.25) is 5.91 Å². The van der Waals surface area contributed by atoms with Crippen molar-refractivity contribution in [1.29, 1.82) is 0 Å². The zero-order chi connectivity index (χ0) is 21.9. The molecule has 0 saturated carbocycles. The SMILES string of the molecule is O=C(/C=C/c1ccc(-c2ccccc2)o1)Nc1ccc(-c2nc3ccccc3s2)c(Cl)c1. The topological polar surface area (TPSA) is 55.1 Å². The molecule has 32 heavy (non-hydrogen) atoms. The molecule has 6 heteroatoms. The van der Waals surface area contributed by atoms with Crippen molar-refractivity contribution in [2.24, 2.45) is 0 Å². The molecule has 1 N–H and O–H groups in total. The Morgan fingerprint density at radius 1 is 0.969 bits per heavy atom. The van der Waals surface area contributed by atoms with Crippen molar-refractivity contribution in [2.45, 2.75) is 0 Å². The van der Waals surface area contributed by atoms with Crippen LogP contribution in [-0.2, 0) is 4.79 Å². The van der Waals surface area contributed by atoms with Crippen molar-refractivity contribution in [1.82, 2.24) is 4.98 Å². The molecule has 2 aromatic heterocycles. The Labute approximate surface area is 193 Å². The van der Waals surface area contributed by atoms with Crippen LogP contribution in [0.25, 0.3) is 38.2 Å². The number of benzene rings is 3. The number of hydrogen-bond acceptors (Lipinski definition) is 4. The number of anilines is 1. The number of para-hydroxylation sites is 1. The minimum Gasteiger partial charge on any atom is -0.457 e. The molecular formula is C26H17ClN2O2S. The molecule has 0 saturated heterocycles. The van der Waals surface area contributed by atoms with E-state index in [1.807, 2.05) is 78.9 Å². The summed E-state index contributed by atoms with van der Waals surface area (Å²) in [4.78, 5) is 17.0. The fourth-order valence-corrected chi connectivity index (χ4v) is 4.63. The van der Waals surface area contributed by atoms with E-state index < -0.39 is 0 Å². The predicted octanol–water partition coefficient (Wildman–Crippen LogP) is 7.53. The fourth-order valence-electron chi connectivity index (χ4n) is 3.30. The van der Waals surface area contributed by atoms with Gasteiger partial charge in [-0.05, 0) is 48.5 Å². The average molecular weight is 457 g/mol. The highest BCUT2D eigenvalue weighted by Gasteiger charge is 2.11. The fraction of sp³-hybridized carbons (Fsp3) is 0. The number of hydrogen-bond donors (Lipinski definition) is 1. The molecule has 0 atom stereocenters. The number of carbonyl (C=O) groups is 1. The van der Waals surface area contributed by atoms with Crippen LogP contribution in [-0.4, -0.2) is 10.9 Å². The molecule has 5 aromatic rings. The van der Waals surface area contributed by atoms with Gasteiger partial charge in [0.25, 0.3) is 0 Å². The van der Waals surface area contributed by atoms with Gasteiger partial charge in [0.1, 0.15) is 16.5 Å². The number of nitrogens with one attached hydrogen (secondary N) is 1. The summed E-state index contributed by atoms with van der Waals surface area (Å²) in [5.41, 5.74) is 3.38. The lowest BCUT2D eigenvalue weighted by atomic mass is 10.2. The van der Waals surface area contributed by atoms with Gasteiger partial charge in [0.15, 0.2) is 0 Å². The molecule has 3 aromatic carbocycles. The molecule has 156 valence electrons. The van der Waals surface area contributed by atoms with E-state index >= 15 is 0 Å². The quantitative estimate of drug-likeness (QED) is 0.278. The third-order valence-corrected chi connectivity index (χ3v) is 6.23. The molecule has 0 aliphatic heterocycles. The second-order valence-electron chi connectivity index (χ2n) is 7.07. The minimum atomic E-state index is -0.272. The summed E-state index contributed by atoms with van der Waals surface area (Å²) in [5, 5.41) is 4.21. The molecule has 0 bridgehead atoms. The highest BCUT2D eigenvalue weighted by atomic mass is 35.5. The van der Waals surface area contributed by atoms with Crippen molar-refractivity contribution < 1.29 is 9.21 Å². The van der Waals surface area contributed by atoms with Crippen LogP contribution in [0.5, 0.6) is 0 Å². The van der Waals surface area contributed by atoms with Crippen molar-refractivity contribution in [3.63, 3.8) is 0 Å². The molecule has 0 fully saturated rings. The number of aromatic nitrogens is 1. The lowest BCUT2D eigenvalue weighted by Crippen LogP contribution is -2.07. The summed E-state index contributed by atoms with van der Waals surface area (Å²) in [7, 11) is 0. The van der Waals surface area contributed by atoms with Crippen molar-refractivity contribution in [2.75, 3.05) is 5.32 Å². The molecule has 0 spiro atoms. The largest absolute Gasteiger partial charge is 0.457 e. The molecule has 2 heterocycles. The Hall–Kier alpha value is -3.67. The summed E-state index contributed by atoms with van der Waals surface area (Å²) in [6.45, 7) is 0. The van der Waals surface area contributed by atoms with E-state index in [-0.39, 0.29) is 5.91 Å². The summed E-state index contributed by atoms with van der Waals surface area (Å²) >= 11 is 8.08. The number of carbonyl (C=O) groups excluding carboxylic acids is 1. The Morgan fingerprint density at radius 3 is 2.59 bits per heavy atom. The molecule has 0 aliphatic carbocycles. The standard InChI is InChI=1S/C26H17ClN2O2S/c27-21-16-18(10-13-20(21)26-29-22-8-4-5-9-24(22)32-26)28-25(30)15-12-19-11-14-23(31-19)17-6-2-1-3-7-17/h1-16H,(H,28,30)/b15-12+. The van der Waals surface area contributed by atoms with Crippen LogP contribution in [0.3, 0.4) is 0 Å². The van der Waals surface area contributed by atoms with Gasteiger partial charge in [-0.25, -0.2) is 4.98 Å². The average Bonchev–Trinajstić information content (AvgIpc) is 3.45. The van der Waals surface area contributed by atoms with Crippen LogP contribution in [0.4, 0.5) is 5.69 Å². The Kier molecular flexibility index (Phi) is 5.58. The van der Waals surface area contributed by atoms with Crippen molar-refractivity contribution in [3.05, 3.63) is 102 Å². The highest BCUT2D eigenvalue weighted by molar-refractivity contribution is 7.21. The van der Waals surface area contributed by atoms with Gasteiger partial charge in [-0.1, -0.05) is 54.1 Å². The number of nitrogens with zero attached hydrogens (tertiary/aromatic N) is 1. The number of furan rings is 1.